The first-order chi connectivity index (χ1) is 14.4. The van der Waals surface area contributed by atoms with Crippen molar-refractivity contribution in [3.63, 3.8) is 0 Å². The molecule has 1 aliphatic rings. The fourth-order valence-corrected chi connectivity index (χ4v) is 2.66. The van der Waals surface area contributed by atoms with Crippen molar-refractivity contribution < 1.29 is 28.6 Å². The maximum absolute atomic E-state index is 12.2. The van der Waals surface area contributed by atoms with Crippen LogP contribution in [0, 0.1) is 0 Å². The Bertz CT molecular complexity index is 918. The first-order valence-corrected chi connectivity index (χ1v) is 9.41. The highest BCUT2D eigenvalue weighted by Gasteiger charge is 2.23. The fourth-order valence-electron chi connectivity index (χ4n) is 2.66. The number of ether oxygens (including phenoxy) is 3. The number of amides is 3. The molecule has 0 aromatic heterocycles. The molecule has 9 heteroatoms. The highest BCUT2D eigenvalue weighted by molar-refractivity contribution is 5.93. The third kappa shape index (κ3) is 5.63. The van der Waals surface area contributed by atoms with E-state index in [1.165, 1.54) is 13.8 Å². The number of urea groups is 1. The van der Waals surface area contributed by atoms with Gasteiger partial charge in [0.25, 0.3) is 5.91 Å². The summed E-state index contributed by atoms with van der Waals surface area (Å²) in [6.07, 6.45) is -1.02. The number of carbonyl (C=O) groups is 3. The molecule has 30 heavy (non-hydrogen) atoms. The van der Waals surface area contributed by atoms with Crippen LogP contribution in [0.5, 0.6) is 11.5 Å². The van der Waals surface area contributed by atoms with Gasteiger partial charge in [-0.05, 0) is 43.7 Å². The van der Waals surface area contributed by atoms with Gasteiger partial charge in [-0.3, -0.25) is 4.79 Å². The second-order valence-electron chi connectivity index (χ2n) is 6.67. The van der Waals surface area contributed by atoms with Crippen LogP contribution in [0.1, 0.15) is 19.4 Å². The van der Waals surface area contributed by atoms with Gasteiger partial charge in [-0.1, -0.05) is 24.3 Å². The number of esters is 1. The molecule has 1 aliphatic heterocycles. The van der Waals surface area contributed by atoms with Crippen molar-refractivity contribution in [1.29, 1.82) is 0 Å². The number of fused-ring (bicyclic) bond motifs is 1. The van der Waals surface area contributed by atoms with Crippen molar-refractivity contribution in [3.8, 4) is 11.5 Å². The lowest BCUT2D eigenvalue weighted by Gasteiger charge is -2.18. The van der Waals surface area contributed by atoms with E-state index < -0.39 is 30.1 Å². The Morgan fingerprint density at radius 2 is 1.77 bits per heavy atom. The van der Waals surface area contributed by atoms with Crippen LogP contribution in [0.3, 0.4) is 0 Å². The summed E-state index contributed by atoms with van der Waals surface area (Å²) in [5.74, 6) is 0.103. The Labute approximate surface area is 173 Å². The van der Waals surface area contributed by atoms with E-state index >= 15 is 0 Å². The highest BCUT2D eigenvalue weighted by atomic mass is 16.7. The van der Waals surface area contributed by atoms with Gasteiger partial charge in [0.05, 0.1) is 0 Å². The molecule has 0 unspecified atom stereocenters. The molecule has 3 amide bonds. The van der Waals surface area contributed by atoms with Crippen molar-refractivity contribution in [3.05, 3.63) is 54.1 Å². The topological polar surface area (TPSA) is 115 Å². The summed E-state index contributed by atoms with van der Waals surface area (Å²) in [5.41, 5.74) is 1.41. The van der Waals surface area contributed by atoms with Gasteiger partial charge in [-0.15, -0.1) is 0 Å². The van der Waals surface area contributed by atoms with E-state index in [-0.39, 0.29) is 13.3 Å². The maximum atomic E-state index is 12.2. The van der Waals surface area contributed by atoms with E-state index in [4.69, 9.17) is 14.2 Å². The maximum Gasteiger partial charge on any atom is 0.329 e. The number of carbonyl (C=O) groups excluding carboxylic acids is 3. The molecule has 2 aromatic carbocycles. The zero-order chi connectivity index (χ0) is 21.5. The molecular weight excluding hydrogens is 390 g/mol. The minimum absolute atomic E-state index is 0.174. The molecule has 1 heterocycles. The number of rotatable bonds is 7. The third-order valence-corrected chi connectivity index (χ3v) is 4.30. The smallest absolute Gasteiger partial charge is 0.329 e. The van der Waals surface area contributed by atoms with Crippen LogP contribution >= 0.6 is 0 Å². The van der Waals surface area contributed by atoms with Crippen LogP contribution in [0.15, 0.2) is 48.5 Å². The average Bonchev–Trinajstić information content (AvgIpc) is 3.20. The lowest BCUT2D eigenvalue weighted by atomic mass is 10.2. The molecule has 9 nitrogen and oxygen atoms in total. The Morgan fingerprint density at radius 1 is 1.03 bits per heavy atom. The quantitative estimate of drug-likeness (QED) is 0.600. The van der Waals surface area contributed by atoms with E-state index in [2.05, 4.69) is 16.0 Å². The van der Waals surface area contributed by atoms with E-state index in [9.17, 15) is 14.4 Å². The lowest BCUT2D eigenvalue weighted by Crippen LogP contribution is -2.44. The normalized spacial score (nSPS) is 13.7. The second kappa shape index (κ2) is 9.64. The minimum atomic E-state index is -1.02. The number of hydrogen-bond acceptors (Lipinski definition) is 6. The van der Waals surface area contributed by atoms with Gasteiger partial charge in [0.15, 0.2) is 17.6 Å². The number of benzene rings is 2. The number of hydrogen-bond donors (Lipinski definition) is 3. The summed E-state index contributed by atoms with van der Waals surface area (Å²) < 4.78 is 15.7. The molecule has 0 saturated heterocycles. The van der Waals surface area contributed by atoms with E-state index in [1.807, 2.05) is 12.1 Å². The monoisotopic (exact) mass is 413 g/mol. The molecule has 0 spiro atoms. The SMILES string of the molecule is C[C@H](NC(=O)Nc1ccccc1)C(=O)O[C@@H](C)C(=O)NCc1ccc2c(c1)OCO2. The molecule has 2 aromatic rings. The molecular formula is C21H23N3O6. The Morgan fingerprint density at radius 3 is 2.53 bits per heavy atom. The first kappa shape index (κ1) is 21.0. The standard InChI is InChI=1S/C21H23N3O6/c1-13(23-21(27)24-16-6-4-3-5-7-16)20(26)30-14(2)19(25)22-11-15-8-9-17-18(10-15)29-12-28-17/h3-10,13-14H,11-12H2,1-2H3,(H,22,25)(H2,23,24,27)/t13-,14-/m0/s1. The van der Waals surface area contributed by atoms with Crippen LogP contribution in [-0.2, 0) is 20.9 Å². The van der Waals surface area contributed by atoms with Crippen LogP contribution in [0.2, 0.25) is 0 Å². The molecule has 3 rings (SSSR count). The van der Waals surface area contributed by atoms with Gasteiger partial charge in [0, 0.05) is 12.2 Å². The minimum Gasteiger partial charge on any atom is -0.454 e. The third-order valence-electron chi connectivity index (χ3n) is 4.30. The van der Waals surface area contributed by atoms with Crippen molar-refractivity contribution >= 4 is 23.6 Å². The Kier molecular flexibility index (Phi) is 6.74. The lowest BCUT2D eigenvalue weighted by molar-refractivity contribution is -0.156. The summed E-state index contributed by atoms with van der Waals surface area (Å²) in [5, 5.41) is 7.77. The molecule has 2 atom stereocenters. The molecule has 158 valence electrons. The van der Waals surface area contributed by atoms with Crippen LogP contribution in [0.4, 0.5) is 10.5 Å². The number of nitrogens with one attached hydrogen (secondary N) is 3. The molecule has 0 bridgehead atoms. The van der Waals surface area contributed by atoms with Gasteiger partial charge in [0.2, 0.25) is 6.79 Å². The van der Waals surface area contributed by atoms with E-state index in [1.54, 1.807) is 36.4 Å². The Hall–Kier alpha value is -3.75. The van der Waals surface area contributed by atoms with Crippen molar-refractivity contribution in [1.82, 2.24) is 10.6 Å². The Balaban J connectivity index is 1.42. The zero-order valence-corrected chi connectivity index (χ0v) is 16.6. The van der Waals surface area contributed by atoms with E-state index in [0.29, 0.717) is 17.2 Å². The van der Waals surface area contributed by atoms with Gasteiger partial charge >= 0.3 is 12.0 Å². The summed E-state index contributed by atoms with van der Waals surface area (Å²) >= 11 is 0. The molecule has 0 fully saturated rings. The highest BCUT2D eigenvalue weighted by Crippen LogP contribution is 2.32. The van der Waals surface area contributed by atoms with Crippen molar-refractivity contribution in [2.75, 3.05) is 12.1 Å². The van der Waals surface area contributed by atoms with Crippen LogP contribution in [-0.4, -0.2) is 36.8 Å². The van der Waals surface area contributed by atoms with Gasteiger partial charge in [-0.2, -0.15) is 0 Å². The van der Waals surface area contributed by atoms with Crippen LogP contribution in [0.25, 0.3) is 0 Å². The predicted octanol–water partition coefficient (Wildman–Crippen LogP) is 2.17. The van der Waals surface area contributed by atoms with Crippen molar-refractivity contribution in [2.45, 2.75) is 32.5 Å². The van der Waals surface area contributed by atoms with Gasteiger partial charge in [-0.25, -0.2) is 9.59 Å². The van der Waals surface area contributed by atoms with E-state index in [0.717, 1.165) is 5.56 Å². The largest absolute Gasteiger partial charge is 0.454 e. The van der Waals surface area contributed by atoms with Crippen LogP contribution < -0.4 is 25.4 Å². The summed E-state index contributed by atoms with van der Waals surface area (Å²) in [4.78, 5) is 36.4. The zero-order valence-electron chi connectivity index (χ0n) is 16.6. The first-order valence-electron chi connectivity index (χ1n) is 9.41. The predicted molar refractivity (Wildman–Crippen MR) is 108 cm³/mol. The van der Waals surface area contributed by atoms with Gasteiger partial charge < -0.3 is 30.2 Å². The fraction of sp³-hybridized carbons (Fsp3) is 0.286. The molecule has 0 saturated carbocycles. The summed E-state index contributed by atoms with van der Waals surface area (Å²) in [7, 11) is 0. The summed E-state index contributed by atoms with van der Waals surface area (Å²) in [6.45, 7) is 3.35. The number of para-hydroxylation sites is 1. The summed E-state index contributed by atoms with van der Waals surface area (Å²) in [6, 6.07) is 12.7. The molecule has 0 radical (unpaired) electrons. The molecule has 3 N–H and O–H groups in total. The average molecular weight is 413 g/mol. The second-order valence-corrected chi connectivity index (χ2v) is 6.67. The molecule has 0 aliphatic carbocycles. The van der Waals surface area contributed by atoms with Crippen molar-refractivity contribution in [2.24, 2.45) is 0 Å². The number of anilines is 1. The van der Waals surface area contributed by atoms with Gasteiger partial charge in [0.1, 0.15) is 6.04 Å².